The number of nitrogens with one attached hydrogen (secondary N) is 1. The molecule has 1 saturated heterocycles. The number of carbonyl (C=O) groups is 2. The van der Waals surface area contributed by atoms with Crippen molar-refractivity contribution in [3.63, 3.8) is 0 Å². The first-order chi connectivity index (χ1) is 10.1. The van der Waals surface area contributed by atoms with Crippen LogP contribution in [0.4, 0.5) is 0 Å². The summed E-state index contributed by atoms with van der Waals surface area (Å²) in [4.78, 5) is 27.0. The number of amides is 2. The molecule has 0 spiro atoms. The molecule has 1 aromatic carbocycles. The van der Waals surface area contributed by atoms with Gasteiger partial charge in [0.05, 0.1) is 6.54 Å². The zero-order chi connectivity index (χ0) is 15.2. The van der Waals surface area contributed by atoms with Crippen LogP contribution < -0.4 is 5.32 Å². The Kier molecular flexibility index (Phi) is 5.67. The molecular weight excluding hydrogens is 284 g/mol. The van der Waals surface area contributed by atoms with Crippen molar-refractivity contribution in [2.45, 2.75) is 31.2 Å². The molecule has 0 saturated carbocycles. The van der Waals surface area contributed by atoms with E-state index in [-0.39, 0.29) is 24.4 Å². The number of nitrogens with zero attached hydrogens (tertiary/aromatic N) is 1. The molecule has 0 bridgehead atoms. The minimum absolute atomic E-state index is 0.0204. The molecule has 1 heterocycles. The van der Waals surface area contributed by atoms with Crippen LogP contribution >= 0.6 is 11.8 Å². The fourth-order valence-electron chi connectivity index (χ4n) is 2.44. The van der Waals surface area contributed by atoms with Gasteiger partial charge in [0.25, 0.3) is 0 Å². The third-order valence-corrected chi connectivity index (χ3v) is 4.44. The molecule has 5 heteroatoms. The highest BCUT2D eigenvalue weighted by atomic mass is 32.2. The zero-order valence-electron chi connectivity index (χ0n) is 12.5. The Labute approximate surface area is 130 Å². The largest absolute Gasteiger partial charge is 0.345 e. The van der Waals surface area contributed by atoms with E-state index < -0.39 is 0 Å². The van der Waals surface area contributed by atoms with E-state index in [1.54, 1.807) is 16.7 Å². The smallest absolute Gasteiger partial charge is 0.243 e. The molecule has 1 fully saturated rings. The molecule has 1 N–H and O–H groups in total. The minimum Gasteiger partial charge on any atom is -0.345 e. The summed E-state index contributed by atoms with van der Waals surface area (Å²) in [6, 6.07) is 9.79. The number of carbonyl (C=O) groups excluding carboxylic acids is 2. The van der Waals surface area contributed by atoms with Crippen LogP contribution in [0.1, 0.15) is 20.3 Å². The monoisotopic (exact) mass is 306 g/mol. The zero-order valence-corrected chi connectivity index (χ0v) is 13.4. The first kappa shape index (κ1) is 15.9. The molecule has 2 amide bonds. The van der Waals surface area contributed by atoms with E-state index >= 15 is 0 Å². The maximum absolute atomic E-state index is 12.1. The molecule has 0 aliphatic carbocycles. The van der Waals surface area contributed by atoms with Crippen LogP contribution in [0, 0.1) is 5.92 Å². The highest BCUT2D eigenvalue weighted by Crippen LogP contribution is 2.20. The van der Waals surface area contributed by atoms with E-state index in [1.807, 2.05) is 18.2 Å². The van der Waals surface area contributed by atoms with Crippen LogP contribution in [-0.4, -0.2) is 41.6 Å². The lowest BCUT2D eigenvalue weighted by Gasteiger charge is -2.35. The van der Waals surface area contributed by atoms with Gasteiger partial charge in [0.1, 0.15) is 6.04 Å². The molecule has 4 nitrogen and oxygen atoms in total. The Balaban J connectivity index is 1.94. The van der Waals surface area contributed by atoms with Gasteiger partial charge in [-0.2, -0.15) is 0 Å². The molecule has 1 aliphatic heterocycles. The Morgan fingerprint density at radius 1 is 1.29 bits per heavy atom. The maximum Gasteiger partial charge on any atom is 0.243 e. The van der Waals surface area contributed by atoms with Crippen molar-refractivity contribution < 1.29 is 9.59 Å². The number of hydrogen-bond donors (Lipinski definition) is 1. The molecule has 1 atom stereocenters. The SMILES string of the molecule is CC(C)CC1C(=O)NCC(=O)N1CCSc1ccccc1. The molecular formula is C16H22N2O2S. The highest BCUT2D eigenvalue weighted by Gasteiger charge is 2.34. The van der Waals surface area contributed by atoms with Crippen molar-refractivity contribution in [2.75, 3.05) is 18.8 Å². The van der Waals surface area contributed by atoms with Crippen molar-refractivity contribution in [3.8, 4) is 0 Å². The quantitative estimate of drug-likeness (QED) is 0.819. The average Bonchev–Trinajstić information content (AvgIpc) is 2.46. The maximum atomic E-state index is 12.1. The Bertz CT molecular complexity index is 490. The van der Waals surface area contributed by atoms with Gasteiger partial charge < -0.3 is 10.2 Å². The van der Waals surface area contributed by atoms with Crippen molar-refractivity contribution in [1.29, 1.82) is 0 Å². The first-order valence-electron chi connectivity index (χ1n) is 7.33. The molecule has 1 aliphatic rings. The number of thioether (sulfide) groups is 1. The Hall–Kier alpha value is -1.49. The van der Waals surface area contributed by atoms with Crippen LogP contribution in [0.25, 0.3) is 0 Å². The molecule has 0 radical (unpaired) electrons. The fourth-order valence-corrected chi connectivity index (χ4v) is 3.31. The van der Waals surface area contributed by atoms with Crippen molar-refractivity contribution in [2.24, 2.45) is 5.92 Å². The second-order valence-corrected chi connectivity index (χ2v) is 6.78. The molecule has 0 aromatic heterocycles. The van der Waals surface area contributed by atoms with Crippen LogP contribution in [0.5, 0.6) is 0 Å². The summed E-state index contributed by atoms with van der Waals surface area (Å²) < 4.78 is 0. The summed E-state index contributed by atoms with van der Waals surface area (Å²) in [6.07, 6.45) is 0.716. The summed E-state index contributed by atoms with van der Waals surface area (Å²) >= 11 is 1.71. The van der Waals surface area contributed by atoms with E-state index in [4.69, 9.17) is 0 Å². The Morgan fingerprint density at radius 2 is 2.00 bits per heavy atom. The second-order valence-electron chi connectivity index (χ2n) is 5.61. The second kappa shape index (κ2) is 7.50. The standard InChI is InChI=1S/C16H22N2O2S/c1-12(2)10-14-16(20)17-11-15(19)18(14)8-9-21-13-6-4-3-5-7-13/h3-7,12,14H,8-11H2,1-2H3,(H,17,20). The third kappa shape index (κ3) is 4.49. The predicted octanol–water partition coefficient (Wildman–Crippen LogP) is 2.15. The van der Waals surface area contributed by atoms with Crippen LogP contribution in [0.2, 0.25) is 0 Å². The minimum atomic E-state index is -0.317. The van der Waals surface area contributed by atoms with Crippen LogP contribution in [0.3, 0.4) is 0 Å². The van der Waals surface area contributed by atoms with Crippen molar-refractivity contribution >= 4 is 23.6 Å². The first-order valence-corrected chi connectivity index (χ1v) is 8.31. The summed E-state index contributed by atoms with van der Waals surface area (Å²) in [5.74, 6) is 1.19. The lowest BCUT2D eigenvalue weighted by atomic mass is 10.00. The summed E-state index contributed by atoms with van der Waals surface area (Å²) in [7, 11) is 0. The van der Waals surface area contributed by atoms with E-state index in [1.165, 1.54) is 4.90 Å². The molecule has 1 unspecified atom stereocenters. The fraction of sp³-hybridized carbons (Fsp3) is 0.500. The number of piperazine rings is 1. The number of benzene rings is 1. The number of hydrogen-bond acceptors (Lipinski definition) is 3. The average molecular weight is 306 g/mol. The lowest BCUT2D eigenvalue weighted by Crippen LogP contribution is -2.59. The lowest BCUT2D eigenvalue weighted by molar-refractivity contribution is -0.145. The van der Waals surface area contributed by atoms with Gasteiger partial charge in [0.2, 0.25) is 11.8 Å². The van der Waals surface area contributed by atoms with Gasteiger partial charge in [0, 0.05) is 17.2 Å². The van der Waals surface area contributed by atoms with Gasteiger partial charge in [0.15, 0.2) is 0 Å². The molecule has 114 valence electrons. The molecule has 1 aromatic rings. The molecule has 2 rings (SSSR count). The van der Waals surface area contributed by atoms with E-state index in [0.717, 1.165) is 5.75 Å². The van der Waals surface area contributed by atoms with Gasteiger partial charge in [-0.15, -0.1) is 11.8 Å². The van der Waals surface area contributed by atoms with E-state index in [2.05, 4.69) is 31.3 Å². The topological polar surface area (TPSA) is 49.4 Å². The van der Waals surface area contributed by atoms with Crippen LogP contribution in [0.15, 0.2) is 35.2 Å². The summed E-state index contributed by atoms with van der Waals surface area (Å²) in [5, 5.41) is 2.69. The normalized spacial score (nSPS) is 19.0. The van der Waals surface area contributed by atoms with Crippen LogP contribution in [-0.2, 0) is 9.59 Å². The van der Waals surface area contributed by atoms with Gasteiger partial charge in [-0.05, 0) is 24.5 Å². The Morgan fingerprint density at radius 3 is 2.67 bits per heavy atom. The van der Waals surface area contributed by atoms with E-state index in [0.29, 0.717) is 18.9 Å². The third-order valence-electron chi connectivity index (χ3n) is 3.45. The van der Waals surface area contributed by atoms with Crippen molar-refractivity contribution in [3.05, 3.63) is 30.3 Å². The van der Waals surface area contributed by atoms with Gasteiger partial charge >= 0.3 is 0 Å². The summed E-state index contributed by atoms with van der Waals surface area (Å²) in [6.45, 7) is 4.89. The van der Waals surface area contributed by atoms with Gasteiger partial charge in [-0.1, -0.05) is 32.0 Å². The number of rotatable bonds is 6. The van der Waals surface area contributed by atoms with Gasteiger partial charge in [-0.25, -0.2) is 0 Å². The predicted molar refractivity (Wildman–Crippen MR) is 85.1 cm³/mol. The molecule has 21 heavy (non-hydrogen) atoms. The van der Waals surface area contributed by atoms with E-state index in [9.17, 15) is 9.59 Å². The summed E-state index contributed by atoms with van der Waals surface area (Å²) in [5.41, 5.74) is 0. The van der Waals surface area contributed by atoms with Gasteiger partial charge in [-0.3, -0.25) is 9.59 Å². The van der Waals surface area contributed by atoms with Crippen molar-refractivity contribution in [1.82, 2.24) is 10.2 Å². The highest BCUT2D eigenvalue weighted by molar-refractivity contribution is 7.99.